The maximum absolute atomic E-state index is 12.3. The summed E-state index contributed by atoms with van der Waals surface area (Å²) in [7, 11) is 0. The number of carbonyl (C=O) groups is 2. The summed E-state index contributed by atoms with van der Waals surface area (Å²) in [5.74, 6) is -0.292. The Bertz CT molecular complexity index is 365. The van der Waals surface area contributed by atoms with Gasteiger partial charge in [-0.1, -0.05) is 0 Å². The predicted octanol–water partition coefficient (Wildman–Crippen LogP) is 0.890. The number of nitrogens with zero attached hydrogens (tertiary/aromatic N) is 1. The highest BCUT2D eigenvalue weighted by Crippen LogP contribution is 2.35. The van der Waals surface area contributed by atoms with Gasteiger partial charge in [-0.15, -0.1) is 0 Å². The second-order valence-corrected chi connectivity index (χ2v) is 6.52. The van der Waals surface area contributed by atoms with Gasteiger partial charge >= 0.3 is 12.0 Å². The fourth-order valence-electron chi connectivity index (χ4n) is 3.20. The molecule has 0 aromatic rings. The zero-order valence-electron chi connectivity index (χ0n) is 11.6. The minimum atomic E-state index is -0.989. The third kappa shape index (κ3) is 3.38. The van der Waals surface area contributed by atoms with Crippen LogP contribution in [-0.2, 0) is 4.79 Å². The molecule has 0 radical (unpaired) electrons. The fourth-order valence-corrected chi connectivity index (χ4v) is 3.67. The van der Waals surface area contributed by atoms with Crippen LogP contribution in [0.2, 0.25) is 0 Å². The average molecular weight is 302 g/mol. The third-order valence-electron chi connectivity index (χ3n) is 4.15. The normalized spacial score (nSPS) is 30.1. The number of hydrogen-bond acceptors (Lipinski definition) is 4. The lowest BCUT2D eigenvalue weighted by atomic mass is 10.0. The Morgan fingerprint density at radius 3 is 2.45 bits per heavy atom. The number of urea groups is 1. The second kappa shape index (κ2) is 6.67. The van der Waals surface area contributed by atoms with Crippen molar-refractivity contribution in [2.75, 3.05) is 12.0 Å². The molecule has 0 aliphatic carbocycles. The summed E-state index contributed by atoms with van der Waals surface area (Å²) >= 11 is 1.56. The number of piperidine rings is 1. The Balaban J connectivity index is 1.95. The first-order valence-electron chi connectivity index (χ1n) is 7.01. The Hall–Kier alpha value is -0.950. The van der Waals surface area contributed by atoms with E-state index < -0.39 is 12.0 Å². The van der Waals surface area contributed by atoms with E-state index in [1.54, 1.807) is 16.7 Å². The van der Waals surface area contributed by atoms with E-state index in [0.717, 1.165) is 12.8 Å². The molecule has 2 rings (SSSR count). The van der Waals surface area contributed by atoms with Gasteiger partial charge in [0.2, 0.25) is 0 Å². The summed E-state index contributed by atoms with van der Waals surface area (Å²) in [5, 5.41) is 21.5. The van der Waals surface area contributed by atoms with E-state index in [2.05, 4.69) is 5.32 Å². The molecule has 2 bridgehead atoms. The number of aliphatic hydroxyl groups is 1. The van der Waals surface area contributed by atoms with Gasteiger partial charge in [0.05, 0.1) is 6.10 Å². The molecule has 0 saturated carbocycles. The number of nitrogens with one attached hydrogen (secondary N) is 1. The van der Waals surface area contributed by atoms with Crippen molar-refractivity contribution in [1.82, 2.24) is 10.2 Å². The lowest BCUT2D eigenvalue weighted by Gasteiger charge is -2.37. The fraction of sp³-hybridized carbons (Fsp3) is 0.846. The minimum Gasteiger partial charge on any atom is -0.480 e. The van der Waals surface area contributed by atoms with Gasteiger partial charge in [0.25, 0.3) is 0 Å². The minimum absolute atomic E-state index is 0.0544. The van der Waals surface area contributed by atoms with Crippen molar-refractivity contribution < 1.29 is 19.8 Å². The van der Waals surface area contributed by atoms with Gasteiger partial charge < -0.3 is 20.4 Å². The van der Waals surface area contributed by atoms with Crippen LogP contribution < -0.4 is 5.32 Å². The van der Waals surface area contributed by atoms with Crippen LogP contribution in [0.5, 0.6) is 0 Å². The number of fused-ring (bicyclic) bond motifs is 2. The molecule has 0 aromatic carbocycles. The number of thioether (sulfide) groups is 1. The number of carboxylic acids is 1. The number of carbonyl (C=O) groups excluding carboxylic acids is 1. The Morgan fingerprint density at radius 1 is 1.35 bits per heavy atom. The van der Waals surface area contributed by atoms with Crippen LogP contribution in [0.25, 0.3) is 0 Å². The molecule has 0 aromatic heterocycles. The number of rotatable bonds is 5. The summed E-state index contributed by atoms with van der Waals surface area (Å²) < 4.78 is 0. The molecule has 2 saturated heterocycles. The molecule has 2 fully saturated rings. The SMILES string of the molecule is CSCC[C@@H](NC(=O)N1C2CCC1CC(O)C2)C(=O)O. The number of hydrogen-bond donors (Lipinski definition) is 3. The van der Waals surface area contributed by atoms with Gasteiger partial charge in [-0.3, -0.25) is 0 Å². The summed E-state index contributed by atoms with van der Waals surface area (Å²) in [6.45, 7) is 0. The molecule has 2 aliphatic rings. The maximum atomic E-state index is 12.3. The first-order chi connectivity index (χ1) is 9.52. The number of aliphatic hydroxyl groups excluding tert-OH is 1. The monoisotopic (exact) mass is 302 g/mol. The van der Waals surface area contributed by atoms with Crippen LogP contribution in [0.1, 0.15) is 32.1 Å². The standard InChI is InChI=1S/C13H22N2O4S/c1-20-5-4-11(12(17)18)14-13(19)15-8-2-3-9(15)7-10(16)6-8/h8-11,16H,2-7H2,1H3,(H,14,19)(H,17,18)/t8?,9?,10?,11-/m1/s1. The predicted molar refractivity (Wildman–Crippen MR) is 76.8 cm³/mol. The second-order valence-electron chi connectivity index (χ2n) is 5.54. The van der Waals surface area contributed by atoms with Gasteiger partial charge in [-0.25, -0.2) is 9.59 Å². The maximum Gasteiger partial charge on any atom is 0.326 e. The summed E-state index contributed by atoms with van der Waals surface area (Å²) in [5.41, 5.74) is 0. The van der Waals surface area contributed by atoms with Crippen LogP contribution in [0.4, 0.5) is 4.79 Å². The molecule has 3 N–H and O–H groups in total. The average Bonchev–Trinajstić information content (AvgIpc) is 2.66. The topological polar surface area (TPSA) is 89.9 Å². The van der Waals surface area contributed by atoms with E-state index in [4.69, 9.17) is 5.11 Å². The van der Waals surface area contributed by atoms with Crippen LogP contribution in [0.15, 0.2) is 0 Å². The van der Waals surface area contributed by atoms with E-state index in [0.29, 0.717) is 25.0 Å². The molecule has 2 heterocycles. The van der Waals surface area contributed by atoms with E-state index in [1.807, 2.05) is 6.26 Å². The van der Waals surface area contributed by atoms with Crippen molar-refractivity contribution in [3.8, 4) is 0 Å². The zero-order valence-corrected chi connectivity index (χ0v) is 12.4. The highest BCUT2D eigenvalue weighted by Gasteiger charge is 2.43. The van der Waals surface area contributed by atoms with Crippen LogP contribution >= 0.6 is 11.8 Å². The Labute approximate surface area is 122 Å². The number of aliphatic carboxylic acids is 1. The van der Waals surface area contributed by atoms with Crippen molar-refractivity contribution in [1.29, 1.82) is 0 Å². The molecule has 20 heavy (non-hydrogen) atoms. The summed E-state index contributed by atoms with van der Waals surface area (Å²) in [6, 6.07) is -1.02. The van der Waals surface area contributed by atoms with Crippen LogP contribution in [0.3, 0.4) is 0 Å². The smallest absolute Gasteiger partial charge is 0.326 e. The first kappa shape index (κ1) is 15.4. The lowest BCUT2D eigenvalue weighted by Crippen LogP contribution is -2.55. The van der Waals surface area contributed by atoms with Gasteiger partial charge in [0.15, 0.2) is 0 Å². The zero-order chi connectivity index (χ0) is 14.7. The molecular formula is C13H22N2O4S. The van der Waals surface area contributed by atoms with E-state index in [-0.39, 0.29) is 24.2 Å². The molecule has 6 nitrogen and oxygen atoms in total. The van der Waals surface area contributed by atoms with Crippen LogP contribution in [0, 0.1) is 0 Å². The first-order valence-corrected chi connectivity index (χ1v) is 8.41. The highest BCUT2D eigenvalue weighted by molar-refractivity contribution is 7.98. The van der Waals surface area contributed by atoms with E-state index >= 15 is 0 Å². The van der Waals surface area contributed by atoms with Gasteiger partial charge in [0.1, 0.15) is 6.04 Å². The third-order valence-corrected chi connectivity index (χ3v) is 4.79. The Morgan fingerprint density at radius 2 is 1.95 bits per heavy atom. The molecule has 0 spiro atoms. The molecule has 7 heteroatoms. The van der Waals surface area contributed by atoms with Crippen molar-refractivity contribution >= 4 is 23.8 Å². The van der Waals surface area contributed by atoms with E-state index in [1.165, 1.54) is 0 Å². The largest absolute Gasteiger partial charge is 0.480 e. The van der Waals surface area contributed by atoms with Gasteiger partial charge in [0, 0.05) is 12.1 Å². The molecule has 2 amide bonds. The van der Waals surface area contributed by atoms with Crippen molar-refractivity contribution in [2.24, 2.45) is 0 Å². The quantitative estimate of drug-likeness (QED) is 0.702. The summed E-state index contributed by atoms with van der Waals surface area (Å²) in [6.07, 6.45) is 5.01. The van der Waals surface area contributed by atoms with Gasteiger partial charge in [-0.2, -0.15) is 11.8 Å². The van der Waals surface area contributed by atoms with Crippen molar-refractivity contribution in [2.45, 2.75) is 56.3 Å². The van der Waals surface area contributed by atoms with Crippen LogP contribution in [-0.4, -0.2) is 63.4 Å². The number of carboxylic acid groups (broad SMARTS) is 1. The lowest BCUT2D eigenvalue weighted by molar-refractivity contribution is -0.139. The van der Waals surface area contributed by atoms with Gasteiger partial charge in [-0.05, 0) is 44.1 Å². The molecular weight excluding hydrogens is 280 g/mol. The molecule has 2 aliphatic heterocycles. The van der Waals surface area contributed by atoms with Crippen molar-refractivity contribution in [3.05, 3.63) is 0 Å². The number of amides is 2. The molecule has 3 atom stereocenters. The summed E-state index contributed by atoms with van der Waals surface area (Å²) in [4.78, 5) is 25.2. The Kier molecular flexibility index (Phi) is 5.15. The van der Waals surface area contributed by atoms with E-state index in [9.17, 15) is 14.7 Å². The highest BCUT2D eigenvalue weighted by atomic mass is 32.2. The molecule has 114 valence electrons. The molecule has 2 unspecified atom stereocenters. The van der Waals surface area contributed by atoms with Crippen molar-refractivity contribution in [3.63, 3.8) is 0 Å².